The molecular weight excluding hydrogens is 432 g/mol. The van der Waals surface area contributed by atoms with Gasteiger partial charge in [0.15, 0.2) is 0 Å². The molecule has 9 nitrogen and oxygen atoms in total. The maximum atomic E-state index is 11.4. The molecule has 0 spiro atoms. The van der Waals surface area contributed by atoms with Gasteiger partial charge in [-0.1, -0.05) is 26.0 Å². The van der Waals surface area contributed by atoms with E-state index < -0.39 is 23.9 Å². The van der Waals surface area contributed by atoms with Crippen molar-refractivity contribution in [1.29, 1.82) is 0 Å². The number of hydrogen-bond donors (Lipinski definition) is 0. The van der Waals surface area contributed by atoms with Gasteiger partial charge in [0.2, 0.25) is 0 Å². The Labute approximate surface area is 194 Å². The van der Waals surface area contributed by atoms with Crippen molar-refractivity contribution in [2.45, 2.75) is 52.4 Å². The molecule has 0 amide bonds. The fourth-order valence-electron chi connectivity index (χ4n) is 1.91. The van der Waals surface area contributed by atoms with E-state index in [2.05, 4.69) is 32.7 Å². The first kappa shape index (κ1) is 29.4. The Morgan fingerprint density at radius 3 is 1.70 bits per heavy atom. The summed E-state index contributed by atoms with van der Waals surface area (Å²) in [6.45, 7) is 10.3. The van der Waals surface area contributed by atoms with Crippen LogP contribution in [0.15, 0.2) is 49.6 Å². The Balaban J connectivity index is 0.000000622. The summed E-state index contributed by atoms with van der Waals surface area (Å²) in [5, 5.41) is 0. The molecule has 1 aromatic carbocycles. The summed E-state index contributed by atoms with van der Waals surface area (Å²) >= 11 is 0. The fraction of sp³-hybridized carbons (Fsp3) is 0.417. The molecule has 0 aliphatic heterocycles. The van der Waals surface area contributed by atoms with Crippen molar-refractivity contribution >= 4 is 23.9 Å². The first-order valence-corrected chi connectivity index (χ1v) is 10.4. The predicted molar refractivity (Wildman–Crippen MR) is 120 cm³/mol. The van der Waals surface area contributed by atoms with Crippen LogP contribution < -0.4 is 4.74 Å². The zero-order chi connectivity index (χ0) is 25.1. The second-order valence-corrected chi connectivity index (χ2v) is 6.93. The molecule has 0 unspecified atom stereocenters. The van der Waals surface area contributed by atoms with Gasteiger partial charge in [-0.15, -0.1) is 13.2 Å². The van der Waals surface area contributed by atoms with Crippen LogP contribution >= 0.6 is 0 Å². The number of carbonyl (C=O) groups excluding carboxylic acids is 4. The maximum absolute atomic E-state index is 11.4. The number of methoxy groups -OCH3 is 1. The van der Waals surface area contributed by atoms with Crippen molar-refractivity contribution in [3.8, 4) is 5.75 Å². The van der Waals surface area contributed by atoms with Gasteiger partial charge < -0.3 is 4.74 Å². The van der Waals surface area contributed by atoms with E-state index in [-0.39, 0.29) is 24.3 Å². The standard InChI is InChI=1S/C12H14O5.C12H18O4/c1-8(2)11(13)16-17-12(14)9-4-6-10(15-3)7-5-9;1-3-5-7-9-11(13)15-16-12(14)10-8-6-4-2/h4-8H,1-3H3;3-4H,1-2,5-10H2. The monoisotopic (exact) mass is 464 g/mol. The van der Waals surface area contributed by atoms with Crippen LogP contribution in [0.2, 0.25) is 0 Å². The summed E-state index contributed by atoms with van der Waals surface area (Å²) in [5.41, 5.74) is 0.280. The number of hydrogen-bond acceptors (Lipinski definition) is 9. The van der Waals surface area contributed by atoms with E-state index in [1.54, 1.807) is 38.1 Å². The minimum absolute atomic E-state index is 0.228. The smallest absolute Gasteiger partial charge is 0.386 e. The number of carbonyl (C=O) groups is 4. The highest BCUT2D eigenvalue weighted by molar-refractivity contribution is 5.89. The fourth-order valence-corrected chi connectivity index (χ4v) is 1.91. The molecule has 1 rings (SSSR count). The van der Waals surface area contributed by atoms with Gasteiger partial charge in [0.05, 0.1) is 31.4 Å². The van der Waals surface area contributed by atoms with E-state index in [0.717, 1.165) is 12.8 Å². The lowest BCUT2D eigenvalue weighted by molar-refractivity contribution is -0.259. The molecule has 0 radical (unpaired) electrons. The molecule has 0 fully saturated rings. The average molecular weight is 465 g/mol. The highest BCUT2D eigenvalue weighted by atomic mass is 17.2. The number of rotatable bonds is 11. The molecular formula is C24H32O9. The summed E-state index contributed by atoms with van der Waals surface area (Å²) in [6, 6.07) is 6.26. The molecule has 0 saturated heterocycles. The zero-order valence-corrected chi connectivity index (χ0v) is 19.4. The topological polar surface area (TPSA) is 114 Å². The van der Waals surface area contributed by atoms with Gasteiger partial charge in [-0.25, -0.2) is 38.7 Å². The van der Waals surface area contributed by atoms with E-state index >= 15 is 0 Å². The van der Waals surface area contributed by atoms with Crippen LogP contribution in [0.1, 0.15) is 62.7 Å². The Hall–Kier alpha value is -3.62. The molecule has 182 valence electrons. The lowest BCUT2D eigenvalue weighted by Crippen LogP contribution is -2.15. The second-order valence-electron chi connectivity index (χ2n) is 6.93. The molecule has 0 saturated carbocycles. The Kier molecular flexibility index (Phi) is 16.0. The molecule has 0 aliphatic carbocycles. The molecule has 0 aromatic heterocycles. The van der Waals surface area contributed by atoms with Crippen molar-refractivity contribution in [3.63, 3.8) is 0 Å². The Morgan fingerprint density at radius 2 is 1.30 bits per heavy atom. The lowest BCUT2D eigenvalue weighted by Gasteiger charge is -2.05. The SMILES string of the molecule is C=CCCCC(=O)OOC(=O)CCCC=C.COc1ccc(C(=O)OOC(=O)C(C)C)cc1. The highest BCUT2D eigenvalue weighted by Gasteiger charge is 2.14. The van der Waals surface area contributed by atoms with E-state index in [1.165, 1.54) is 19.2 Å². The van der Waals surface area contributed by atoms with Crippen LogP contribution in [-0.2, 0) is 33.9 Å². The number of allylic oxidation sites excluding steroid dienone is 2. The van der Waals surface area contributed by atoms with Crippen molar-refractivity contribution in [1.82, 2.24) is 0 Å². The second kappa shape index (κ2) is 18.0. The molecule has 0 bridgehead atoms. The van der Waals surface area contributed by atoms with Crippen LogP contribution in [0.25, 0.3) is 0 Å². The molecule has 0 aliphatic rings. The first-order valence-electron chi connectivity index (χ1n) is 10.4. The van der Waals surface area contributed by atoms with E-state index in [1.807, 2.05) is 0 Å². The molecule has 33 heavy (non-hydrogen) atoms. The van der Waals surface area contributed by atoms with Crippen molar-refractivity contribution in [2.24, 2.45) is 5.92 Å². The predicted octanol–water partition coefficient (Wildman–Crippen LogP) is 4.67. The van der Waals surface area contributed by atoms with Crippen LogP contribution in [0, 0.1) is 5.92 Å². The summed E-state index contributed by atoms with van der Waals surface area (Å²) in [6.07, 6.45) is 6.67. The number of ether oxygens (including phenoxy) is 1. The number of benzene rings is 1. The third kappa shape index (κ3) is 14.9. The van der Waals surface area contributed by atoms with Crippen LogP contribution in [0.4, 0.5) is 0 Å². The largest absolute Gasteiger partial charge is 0.497 e. The van der Waals surface area contributed by atoms with Gasteiger partial charge >= 0.3 is 23.9 Å². The van der Waals surface area contributed by atoms with Gasteiger partial charge in [-0.05, 0) is 49.9 Å². The highest BCUT2D eigenvalue weighted by Crippen LogP contribution is 2.12. The van der Waals surface area contributed by atoms with Gasteiger partial charge in [0.1, 0.15) is 5.75 Å². The zero-order valence-electron chi connectivity index (χ0n) is 19.4. The molecule has 0 atom stereocenters. The molecule has 0 N–H and O–H groups in total. The normalized spacial score (nSPS) is 9.58. The Bertz CT molecular complexity index is 741. The minimum Gasteiger partial charge on any atom is -0.497 e. The molecule has 0 heterocycles. The van der Waals surface area contributed by atoms with E-state index in [4.69, 9.17) is 4.74 Å². The van der Waals surface area contributed by atoms with Crippen molar-refractivity contribution < 1.29 is 43.5 Å². The molecule has 1 aromatic rings. The van der Waals surface area contributed by atoms with Gasteiger partial charge in [-0.2, -0.15) is 0 Å². The minimum atomic E-state index is -0.721. The van der Waals surface area contributed by atoms with Gasteiger partial charge in [0.25, 0.3) is 0 Å². The number of unbranched alkanes of at least 4 members (excludes halogenated alkanes) is 2. The average Bonchev–Trinajstić information content (AvgIpc) is 2.81. The summed E-state index contributed by atoms with van der Waals surface area (Å²) in [7, 11) is 1.53. The lowest BCUT2D eigenvalue weighted by atomic mass is 10.2. The maximum Gasteiger partial charge on any atom is 0.386 e. The van der Waals surface area contributed by atoms with E-state index in [9.17, 15) is 19.2 Å². The van der Waals surface area contributed by atoms with Gasteiger partial charge in [0, 0.05) is 0 Å². The van der Waals surface area contributed by atoms with Crippen molar-refractivity contribution in [3.05, 3.63) is 55.1 Å². The van der Waals surface area contributed by atoms with Crippen LogP contribution in [-0.4, -0.2) is 31.0 Å². The first-order chi connectivity index (χ1) is 15.7. The molecule has 9 heteroatoms. The summed E-state index contributed by atoms with van der Waals surface area (Å²) in [4.78, 5) is 61.9. The van der Waals surface area contributed by atoms with E-state index in [0.29, 0.717) is 18.6 Å². The van der Waals surface area contributed by atoms with Crippen LogP contribution in [0.3, 0.4) is 0 Å². The quantitative estimate of drug-likeness (QED) is 0.199. The van der Waals surface area contributed by atoms with Crippen LogP contribution in [0.5, 0.6) is 5.75 Å². The van der Waals surface area contributed by atoms with Crippen molar-refractivity contribution in [2.75, 3.05) is 7.11 Å². The Morgan fingerprint density at radius 1 is 0.818 bits per heavy atom. The summed E-state index contributed by atoms with van der Waals surface area (Å²) in [5.74, 6) is -2.09. The third-order valence-electron chi connectivity index (χ3n) is 3.80. The summed E-state index contributed by atoms with van der Waals surface area (Å²) < 4.78 is 4.94. The third-order valence-corrected chi connectivity index (χ3v) is 3.80. The van der Waals surface area contributed by atoms with Gasteiger partial charge in [-0.3, -0.25) is 0 Å².